The zero-order chi connectivity index (χ0) is 14.5. The Morgan fingerprint density at radius 3 is 2.40 bits per heavy atom. The molecule has 3 aliphatic carbocycles. The Morgan fingerprint density at radius 2 is 1.85 bits per heavy atom. The fourth-order valence-corrected chi connectivity index (χ4v) is 4.37. The first-order valence-corrected chi connectivity index (χ1v) is 7.59. The van der Waals surface area contributed by atoms with Crippen LogP contribution < -0.4 is 5.32 Å². The first kappa shape index (κ1) is 13.7. The van der Waals surface area contributed by atoms with Crippen LogP contribution in [0.15, 0.2) is 12.2 Å². The topological polar surface area (TPSA) is 66.4 Å². The Balaban J connectivity index is 1.68. The smallest absolute Gasteiger partial charge is 0.307 e. The van der Waals surface area contributed by atoms with Gasteiger partial charge in [0.2, 0.25) is 5.91 Å². The molecule has 20 heavy (non-hydrogen) atoms. The van der Waals surface area contributed by atoms with Crippen molar-refractivity contribution in [3.63, 3.8) is 0 Å². The average molecular weight is 277 g/mol. The van der Waals surface area contributed by atoms with Crippen LogP contribution in [0.5, 0.6) is 0 Å². The molecule has 0 radical (unpaired) electrons. The molecule has 2 N–H and O–H groups in total. The van der Waals surface area contributed by atoms with Gasteiger partial charge in [-0.25, -0.2) is 0 Å². The highest BCUT2D eigenvalue weighted by Gasteiger charge is 2.52. The SMILES string of the molecule is CC1(C)CCC(NC(=O)[C@H]2C3C=CC(C3)[C@H]2C(=O)O)C1. The largest absolute Gasteiger partial charge is 0.481 e. The Labute approximate surface area is 119 Å². The zero-order valence-corrected chi connectivity index (χ0v) is 12.1. The normalized spacial score (nSPS) is 41.0. The summed E-state index contributed by atoms with van der Waals surface area (Å²) in [6.45, 7) is 4.44. The summed E-state index contributed by atoms with van der Waals surface area (Å²) in [5.41, 5.74) is 0.290. The van der Waals surface area contributed by atoms with E-state index in [0.29, 0.717) is 5.41 Å². The molecule has 0 heterocycles. The van der Waals surface area contributed by atoms with Gasteiger partial charge >= 0.3 is 5.97 Å². The number of hydrogen-bond donors (Lipinski definition) is 2. The lowest BCUT2D eigenvalue weighted by Crippen LogP contribution is -2.43. The van der Waals surface area contributed by atoms with Gasteiger partial charge in [-0.15, -0.1) is 0 Å². The standard InChI is InChI=1S/C16H23NO3/c1-16(2)6-5-11(8-16)17-14(18)12-9-3-4-10(7-9)13(12)15(19)20/h3-4,9-13H,5-8H2,1-2H3,(H,17,18)(H,19,20)/t9?,10?,11?,12-,13+/m0/s1. The predicted molar refractivity (Wildman–Crippen MR) is 74.9 cm³/mol. The van der Waals surface area contributed by atoms with Crippen molar-refractivity contribution in [2.45, 2.75) is 45.6 Å². The minimum Gasteiger partial charge on any atom is -0.481 e. The summed E-state index contributed by atoms with van der Waals surface area (Å²) in [5, 5.41) is 12.5. The van der Waals surface area contributed by atoms with Crippen molar-refractivity contribution < 1.29 is 14.7 Å². The lowest BCUT2D eigenvalue weighted by molar-refractivity contribution is -0.148. The number of carboxylic acid groups (broad SMARTS) is 1. The van der Waals surface area contributed by atoms with Crippen molar-refractivity contribution in [3.8, 4) is 0 Å². The summed E-state index contributed by atoms with van der Waals surface area (Å²) in [6.07, 6.45) is 7.96. The third-order valence-corrected chi connectivity index (χ3v) is 5.36. The monoisotopic (exact) mass is 277 g/mol. The maximum atomic E-state index is 12.5. The molecule has 3 unspecified atom stereocenters. The molecule has 0 aromatic rings. The first-order chi connectivity index (χ1) is 9.37. The van der Waals surface area contributed by atoms with Gasteiger partial charge in [0.15, 0.2) is 0 Å². The van der Waals surface area contributed by atoms with Gasteiger partial charge in [0, 0.05) is 6.04 Å². The van der Waals surface area contributed by atoms with Gasteiger partial charge in [0.1, 0.15) is 0 Å². The highest BCUT2D eigenvalue weighted by molar-refractivity contribution is 5.87. The van der Waals surface area contributed by atoms with E-state index in [4.69, 9.17) is 0 Å². The molecule has 4 heteroatoms. The molecule has 5 atom stereocenters. The van der Waals surface area contributed by atoms with Crippen LogP contribution in [0, 0.1) is 29.1 Å². The fraction of sp³-hybridized carbons (Fsp3) is 0.750. The second-order valence-electron chi connectivity index (χ2n) is 7.45. The Hall–Kier alpha value is -1.32. The van der Waals surface area contributed by atoms with Crippen LogP contribution in [-0.2, 0) is 9.59 Å². The number of allylic oxidation sites excluding steroid dienone is 2. The average Bonchev–Trinajstić information content (AvgIpc) is 3.02. The lowest BCUT2D eigenvalue weighted by atomic mass is 9.82. The number of nitrogens with one attached hydrogen (secondary N) is 1. The van der Waals surface area contributed by atoms with Crippen LogP contribution in [0.25, 0.3) is 0 Å². The van der Waals surface area contributed by atoms with Gasteiger partial charge in [-0.3, -0.25) is 9.59 Å². The van der Waals surface area contributed by atoms with E-state index in [0.717, 1.165) is 25.7 Å². The quantitative estimate of drug-likeness (QED) is 0.777. The molecule has 3 rings (SSSR count). The second kappa shape index (κ2) is 4.61. The van der Waals surface area contributed by atoms with Crippen molar-refractivity contribution >= 4 is 11.9 Å². The molecule has 110 valence electrons. The van der Waals surface area contributed by atoms with Gasteiger partial charge in [-0.2, -0.15) is 0 Å². The van der Waals surface area contributed by atoms with Gasteiger partial charge in [0.25, 0.3) is 0 Å². The summed E-state index contributed by atoms with van der Waals surface area (Å²) >= 11 is 0. The van der Waals surface area contributed by atoms with E-state index in [1.54, 1.807) is 0 Å². The number of fused-ring (bicyclic) bond motifs is 2. The summed E-state index contributed by atoms with van der Waals surface area (Å²) in [5.74, 6) is -1.60. The number of carbonyl (C=O) groups is 2. The van der Waals surface area contributed by atoms with E-state index in [1.807, 2.05) is 12.2 Å². The first-order valence-electron chi connectivity index (χ1n) is 7.59. The Kier molecular flexibility index (Phi) is 3.14. The molecule has 4 nitrogen and oxygen atoms in total. The Bertz CT molecular complexity index is 468. The van der Waals surface area contributed by atoms with E-state index in [-0.39, 0.29) is 29.7 Å². The highest BCUT2D eigenvalue weighted by atomic mass is 16.4. The van der Waals surface area contributed by atoms with E-state index in [1.165, 1.54) is 0 Å². The van der Waals surface area contributed by atoms with Crippen molar-refractivity contribution in [1.29, 1.82) is 0 Å². The fourth-order valence-electron chi connectivity index (χ4n) is 4.37. The van der Waals surface area contributed by atoms with Crippen molar-refractivity contribution in [1.82, 2.24) is 5.32 Å². The van der Waals surface area contributed by atoms with Crippen LogP contribution in [0.3, 0.4) is 0 Å². The third kappa shape index (κ3) is 2.25. The third-order valence-electron chi connectivity index (χ3n) is 5.36. The van der Waals surface area contributed by atoms with Crippen molar-refractivity contribution in [2.75, 3.05) is 0 Å². The number of aliphatic carboxylic acids is 1. The van der Waals surface area contributed by atoms with Crippen LogP contribution in [0.4, 0.5) is 0 Å². The summed E-state index contributed by atoms with van der Waals surface area (Å²) in [6, 6.07) is 0.218. The maximum absolute atomic E-state index is 12.5. The number of carbonyl (C=O) groups excluding carboxylic acids is 1. The lowest BCUT2D eigenvalue weighted by Gasteiger charge is -2.26. The number of amides is 1. The predicted octanol–water partition coefficient (Wildman–Crippen LogP) is 2.20. The molecule has 1 amide bonds. The molecule has 0 spiro atoms. The second-order valence-corrected chi connectivity index (χ2v) is 7.45. The molecule has 2 saturated carbocycles. The Morgan fingerprint density at radius 1 is 1.20 bits per heavy atom. The molecular formula is C16H23NO3. The molecule has 2 bridgehead atoms. The van der Waals surface area contributed by atoms with Crippen LogP contribution in [0.1, 0.15) is 39.5 Å². The maximum Gasteiger partial charge on any atom is 0.307 e. The van der Waals surface area contributed by atoms with E-state index >= 15 is 0 Å². The number of hydrogen-bond acceptors (Lipinski definition) is 2. The molecule has 3 aliphatic rings. The van der Waals surface area contributed by atoms with E-state index in [9.17, 15) is 14.7 Å². The number of rotatable bonds is 3. The van der Waals surface area contributed by atoms with Crippen LogP contribution >= 0.6 is 0 Å². The minimum atomic E-state index is -0.825. The van der Waals surface area contributed by atoms with Crippen molar-refractivity contribution in [2.24, 2.45) is 29.1 Å². The molecule has 0 aromatic carbocycles. The molecular weight excluding hydrogens is 254 g/mol. The van der Waals surface area contributed by atoms with Gasteiger partial charge < -0.3 is 10.4 Å². The highest BCUT2D eigenvalue weighted by Crippen LogP contribution is 2.48. The van der Waals surface area contributed by atoms with Gasteiger partial charge in [-0.05, 0) is 42.9 Å². The zero-order valence-electron chi connectivity index (χ0n) is 12.1. The summed E-state index contributed by atoms with van der Waals surface area (Å²) < 4.78 is 0. The molecule has 0 saturated heterocycles. The summed E-state index contributed by atoms with van der Waals surface area (Å²) in [7, 11) is 0. The van der Waals surface area contributed by atoms with E-state index in [2.05, 4.69) is 19.2 Å². The van der Waals surface area contributed by atoms with Crippen molar-refractivity contribution in [3.05, 3.63) is 12.2 Å². The minimum absolute atomic E-state index is 0.0445. The van der Waals surface area contributed by atoms with Gasteiger partial charge in [-0.1, -0.05) is 26.0 Å². The summed E-state index contributed by atoms with van der Waals surface area (Å²) in [4.78, 5) is 23.9. The molecule has 2 fully saturated rings. The number of carboxylic acids is 1. The molecule has 0 aliphatic heterocycles. The van der Waals surface area contributed by atoms with Gasteiger partial charge in [0.05, 0.1) is 11.8 Å². The molecule has 0 aromatic heterocycles. The van der Waals surface area contributed by atoms with Crippen LogP contribution in [-0.4, -0.2) is 23.0 Å². The van der Waals surface area contributed by atoms with E-state index < -0.39 is 11.9 Å². The van der Waals surface area contributed by atoms with Crippen LogP contribution in [0.2, 0.25) is 0 Å².